The van der Waals surface area contributed by atoms with E-state index < -0.39 is 5.92 Å². The number of hydrogen-bond acceptors (Lipinski definition) is 5. The Morgan fingerprint density at radius 1 is 1.00 bits per heavy atom. The molecule has 0 aromatic heterocycles. The van der Waals surface area contributed by atoms with Crippen LogP contribution in [0.25, 0.3) is 0 Å². The number of carbonyl (C=O) groups excluding carboxylic acids is 2. The molecule has 3 rings (SSSR count). The van der Waals surface area contributed by atoms with Crippen molar-refractivity contribution >= 4 is 23.7 Å². The molecule has 1 heterocycles. The third kappa shape index (κ3) is 3.88. The monoisotopic (exact) mass is 394 g/mol. The van der Waals surface area contributed by atoms with Gasteiger partial charge in [0.25, 0.3) is 5.91 Å². The molecule has 0 fully saturated rings. The molecule has 6 nitrogen and oxygen atoms in total. The number of ether oxygens (including phenoxy) is 2. The van der Waals surface area contributed by atoms with Gasteiger partial charge in [-0.1, -0.05) is 32.0 Å². The van der Waals surface area contributed by atoms with E-state index in [-0.39, 0.29) is 17.9 Å². The summed E-state index contributed by atoms with van der Waals surface area (Å²) in [6, 6.07) is 12.2. The van der Waals surface area contributed by atoms with Crippen molar-refractivity contribution in [1.29, 1.82) is 0 Å². The lowest BCUT2D eigenvalue weighted by Gasteiger charge is -2.31. The van der Waals surface area contributed by atoms with E-state index in [4.69, 9.17) is 9.47 Å². The Bertz CT molecular complexity index is 952. The first-order chi connectivity index (χ1) is 13.9. The molecule has 2 atom stereocenters. The van der Waals surface area contributed by atoms with Crippen molar-refractivity contribution in [2.24, 2.45) is 10.9 Å². The Morgan fingerprint density at radius 3 is 2.34 bits per heavy atom. The van der Waals surface area contributed by atoms with Gasteiger partial charge >= 0.3 is 0 Å². The molecule has 2 aromatic carbocycles. The van der Waals surface area contributed by atoms with Crippen LogP contribution < -0.4 is 14.4 Å². The summed E-state index contributed by atoms with van der Waals surface area (Å²) >= 11 is 0. The second kappa shape index (κ2) is 8.47. The van der Waals surface area contributed by atoms with Crippen LogP contribution in [0.5, 0.6) is 11.5 Å². The van der Waals surface area contributed by atoms with Crippen LogP contribution in [0.15, 0.2) is 47.5 Å². The van der Waals surface area contributed by atoms with Gasteiger partial charge in [0.1, 0.15) is 0 Å². The lowest BCUT2D eigenvalue weighted by molar-refractivity contribution is -0.118. The third-order valence-corrected chi connectivity index (χ3v) is 5.28. The Morgan fingerprint density at radius 2 is 1.69 bits per heavy atom. The molecular formula is C23H26N2O4. The summed E-state index contributed by atoms with van der Waals surface area (Å²) in [6.07, 6.45) is 1.67. The van der Waals surface area contributed by atoms with E-state index in [0.717, 1.165) is 0 Å². The minimum Gasteiger partial charge on any atom is -0.493 e. The summed E-state index contributed by atoms with van der Waals surface area (Å²) in [4.78, 5) is 32.3. The first-order valence-corrected chi connectivity index (χ1v) is 9.61. The van der Waals surface area contributed by atoms with Crippen LogP contribution in [-0.2, 0) is 4.79 Å². The zero-order valence-electron chi connectivity index (χ0n) is 17.4. The highest BCUT2D eigenvalue weighted by atomic mass is 16.5. The molecule has 29 heavy (non-hydrogen) atoms. The molecule has 152 valence electrons. The van der Waals surface area contributed by atoms with Crippen molar-refractivity contribution in [2.45, 2.75) is 32.7 Å². The van der Waals surface area contributed by atoms with Gasteiger partial charge in [-0.3, -0.25) is 14.6 Å². The summed E-state index contributed by atoms with van der Waals surface area (Å²) in [5, 5.41) is 0. The quantitative estimate of drug-likeness (QED) is 0.547. The Kier molecular flexibility index (Phi) is 6.01. The number of carbonyl (C=O) groups is 2. The largest absolute Gasteiger partial charge is 0.493 e. The van der Waals surface area contributed by atoms with Gasteiger partial charge in [-0.25, -0.2) is 4.90 Å². The van der Waals surface area contributed by atoms with Gasteiger partial charge in [0.15, 0.2) is 11.5 Å². The molecule has 0 spiro atoms. The Labute approximate surface area is 171 Å². The van der Waals surface area contributed by atoms with Crippen molar-refractivity contribution in [1.82, 2.24) is 0 Å². The second-order valence-electron chi connectivity index (χ2n) is 7.37. The molecule has 1 aliphatic heterocycles. The average molecular weight is 394 g/mol. The molecule has 0 saturated heterocycles. The van der Waals surface area contributed by atoms with Crippen LogP contribution in [0.2, 0.25) is 0 Å². The van der Waals surface area contributed by atoms with E-state index in [0.29, 0.717) is 34.2 Å². The molecule has 2 amide bonds. The van der Waals surface area contributed by atoms with E-state index in [9.17, 15) is 9.59 Å². The lowest BCUT2D eigenvalue weighted by Crippen LogP contribution is -2.45. The van der Waals surface area contributed by atoms with Gasteiger partial charge in [0.05, 0.1) is 25.8 Å². The summed E-state index contributed by atoms with van der Waals surface area (Å²) in [5.74, 6) is 0.00232. The number of fused-ring (bicyclic) bond motifs is 1. The molecule has 2 aromatic rings. The van der Waals surface area contributed by atoms with Crippen LogP contribution in [0, 0.1) is 5.92 Å². The fraction of sp³-hybridized carbons (Fsp3) is 0.348. The summed E-state index contributed by atoms with van der Waals surface area (Å²) < 4.78 is 10.6. The molecule has 6 heteroatoms. The molecule has 1 aliphatic rings. The zero-order chi connectivity index (χ0) is 21.1. The maximum Gasteiger partial charge on any atom is 0.265 e. The van der Waals surface area contributed by atoms with E-state index in [2.05, 4.69) is 18.8 Å². The average Bonchev–Trinajstić information content (AvgIpc) is 2.73. The highest BCUT2D eigenvalue weighted by Gasteiger charge is 2.39. The van der Waals surface area contributed by atoms with Gasteiger partial charge in [0, 0.05) is 23.9 Å². The van der Waals surface area contributed by atoms with Crippen LogP contribution in [0.4, 0.5) is 5.69 Å². The molecule has 0 N–H and O–H groups in total. The molecule has 0 radical (unpaired) electrons. The van der Waals surface area contributed by atoms with E-state index in [1.807, 2.05) is 19.1 Å². The Balaban J connectivity index is 2.08. The van der Waals surface area contributed by atoms with Crippen LogP contribution >= 0.6 is 0 Å². The van der Waals surface area contributed by atoms with Crippen LogP contribution in [0.1, 0.15) is 42.6 Å². The van der Waals surface area contributed by atoms with Crippen molar-refractivity contribution in [3.63, 3.8) is 0 Å². The van der Waals surface area contributed by atoms with Gasteiger partial charge in [0.2, 0.25) is 5.91 Å². The predicted octanol–water partition coefficient (Wildman–Crippen LogP) is 4.09. The third-order valence-electron chi connectivity index (χ3n) is 5.28. The van der Waals surface area contributed by atoms with Crippen molar-refractivity contribution < 1.29 is 19.1 Å². The number of methoxy groups -OCH3 is 2. The summed E-state index contributed by atoms with van der Waals surface area (Å²) in [6.45, 7) is 6.17. The number of imide groups is 1. The van der Waals surface area contributed by atoms with Gasteiger partial charge in [-0.05, 0) is 36.6 Å². The van der Waals surface area contributed by atoms with Crippen LogP contribution in [-0.4, -0.2) is 38.3 Å². The number of nitrogens with zero attached hydrogens (tertiary/aromatic N) is 2. The van der Waals surface area contributed by atoms with Gasteiger partial charge in [-0.2, -0.15) is 0 Å². The zero-order valence-corrected chi connectivity index (χ0v) is 17.4. The van der Waals surface area contributed by atoms with E-state index >= 15 is 0 Å². The normalized spacial score (nSPS) is 17.6. The summed E-state index contributed by atoms with van der Waals surface area (Å²) in [5.41, 5.74) is 1.61. The van der Waals surface area contributed by atoms with Crippen molar-refractivity contribution in [2.75, 3.05) is 19.1 Å². The van der Waals surface area contributed by atoms with E-state index in [1.165, 1.54) is 19.1 Å². The molecule has 0 aliphatic carbocycles. The fourth-order valence-corrected chi connectivity index (χ4v) is 3.20. The van der Waals surface area contributed by atoms with Crippen LogP contribution in [0.3, 0.4) is 0 Å². The lowest BCUT2D eigenvalue weighted by atomic mass is 9.88. The predicted molar refractivity (Wildman–Crippen MR) is 113 cm³/mol. The summed E-state index contributed by atoms with van der Waals surface area (Å²) in [7, 11) is 3.05. The molecule has 0 saturated carbocycles. The Hall–Kier alpha value is -3.15. The minimum atomic E-state index is -0.627. The van der Waals surface area contributed by atoms with Crippen molar-refractivity contribution in [3.8, 4) is 11.5 Å². The second-order valence-corrected chi connectivity index (χ2v) is 7.37. The standard InChI is InChI=1S/C23H26N2O4/c1-14(2)15(3)24-13-19-17-8-6-7-9-18(17)22(26)25(23(19)27)16-10-11-20(28-4)21(12-16)29-5/h6-15,19H,1-5H3/t15-,19?/m0/s1. The van der Waals surface area contributed by atoms with Gasteiger partial charge < -0.3 is 9.47 Å². The minimum absolute atomic E-state index is 0.0714. The highest BCUT2D eigenvalue weighted by Crippen LogP contribution is 2.36. The number of amides is 2. The first-order valence-electron chi connectivity index (χ1n) is 9.61. The van der Waals surface area contributed by atoms with Gasteiger partial charge in [-0.15, -0.1) is 0 Å². The maximum absolute atomic E-state index is 13.4. The number of anilines is 1. The first kappa shape index (κ1) is 20.6. The smallest absolute Gasteiger partial charge is 0.265 e. The fourth-order valence-electron chi connectivity index (χ4n) is 3.20. The SMILES string of the molecule is COc1ccc(N2C(=O)c3ccccc3C(C=N[C@@H](C)C(C)C)C2=O)cc1OC. The molecule has 1 unspecified atom stereocenters. The topological polar surface area (TPSA) is 68.2 Å². The van der Waals surface area contributed by atoms with E-state index in [1.54, 1.807) is 36.5 Å². The number of aliphatic imine (C=N–C) groups is 1. The number of rotatable bonds is 6. The maximum atomic E-state index is 13.4. The number of hydrogen-bond donors (Lipinski definition) is 0. The highest BCUT2D eigenvalue weighted by molar-refractivity contribution is 6.29. The molecule has 0 bridgehead atoms. The molecular weight excluding hydrogens is 368 g/mol. The van der Waals surface area contributed by atoms with Crippen molar-refractivity contribution in [3.05, 3.63) is 53.6 Å². The number of benzene rings is 2.